The van der Waals surface area contributed by atoms with E-state index in [1.165, 1.54) is 13.1 Å². The van der Waals surface area contributed by atoms with Crippen molar-refractivity contribution in [1.29, 1.82) is 0 Å². The maximum atomic E-state index is 13.7. The van der Waals surface area contributed by atoms with Gasteiger partial charge >= 0.3 is 0 Å². The topological polar surface area (TPSA) is 117 Å². The Balaban J connectivity index is 1.84. The van der Waals surface area contributed by atoms with Gasteiger partial charge in [-0.2, -0.15) is 4.31 Å². The Hall–Kier alpha value is -2.44. The molecule has 2 aromatic rings. The van der Waals surface area contributed by atoms with Crippen LogP contribution in [0.3, 0.4) is 0 Å². The zero-order chi connectivity index (χ0) is 33.9. The maximum Gasteiger partial charge on any atom is 0.239 e. The quantitative estimate of drug-likeness (QED) is 0.119. The average Bonchev–Trinajstić information content (AvgIpc) is 3.36. The van der Waals surface area contributed by atoms with Gasteiger partial charge in [-0.1, -0.05) is 61.2 Å². The molecule has 2 aromatic carbocycles. The number of nitrogens with zero attached hydrogens (tertiary/aromatic N) is 1. The lowest BCUT2D eigenvalue weighted by atomic mass is 9.99. The molecular weight excluding hydrogens is 649 g/mol. The fourth-order valence-corrected chi connectivity index (χ4v) is 7.68. The van der Waals surface area contributed by atoms with Gasteiger partial charge in [0.15, 0.2) is 0 Å². The summed E-state index contributed by atoms with van der Waals surface area (Å²) in [7, 11) is -0.685. The third-order valence-corrected chi connectivity index (χ3v) is 10.6. The Morgan fingerprint density at radius 1 is 1.13 bits per heavy atom. The van der Waals surface area contributed by atoms with Crippen LogP contribution in [0.1, 0.15) is 67.9 Å². The van der Waals surface area contributed by atoms with E-state index in [-0.39, 0.29) is 37.3 Å². The number of aliphatic hydroxyl groups is 1. The average molecular weight is 697 g/mol. The van der Waals surface area contributed by atoms with Crippen LogP contribution >= 0.6 is 23.2 Å². The summed E-state index contributed by atoms with van der Waals surface area (Å²) < 4.78 is 38.8. The normalized spacial score (nSPS) is 18.1. The van der Waals surface area contributed by atoms with Crippen molar-refractivity contribution < 1.29 is 27.8 Å². The Morgan fingerprint density at radius 3 is 2.48 bits per heavy atom. The number of carbonyl (C=O) groups is 1. The fourth-order valence-electron chi connectivity index (χ4n) is 5.68. The zero-order valence-corrected chi connectivity index (χ0v) is 29.2. The van der Waals surface area contributed by atoms with E-state index in [1.807, 2.05) is 25.1 Å². The predicted octanol–water partition coefficient (Wildman–Crippen LogP) is 5.77. The predicted molar refractivity (Wildman–Crippen MR) is 185 cm³/mol. The number of sulfonamides is 1. The number of likely N-dealkylation sites (N-methyl/N-ethyl adjacent to an activating group) is 1. The van der Waals surface area contributed by atoms with Gasteiger partial charge in [0, 0.05) is 29.7 Å². The van der Waals surface area contributed by atoms with E-state index in [2.05, 4.69) is 23.8 Å². The Morgan fingerprint density at radius 2 is 1.85 bits per heavy atom. The van der Waals surface area contributed by atoms with Crippen molar-refractivity contribution in [3.05, 3.63) is 88.4 Å². The van der Waals surface area contributed by atoms with E-state index in [9.17, 15) is 18.3 Å². The highest BCUT2D eigenvalue weighted by Crippen LogP contribution is 2.42. The number of nitrogens with one attached hydrogen (secondary N) is 2. The molecule has 3 rings (SSSR count). The summed E-state index contributed by atoms with van der Waals surface area (Å²) in [5.41, 5.74) is 2.74. The molecule has 0 aliphatic heterocycles. The second-order valence-electron chi connectivity index (χ2n) is 11.5. The summed E-state index contributed by atoms with van der Waals surface area (Å²) >= 11 is 12.5. The minimum Gasteiger partial charge on any atom is -0.497 e. The van der Waals surface area contributed by atoms with E-state index in [4.69, 9.17) is 32.7 Å². The summed E-state index contributed by atoms with van der Waals surface area (Å²) in [5, 5.41) is 18.8. The van der Waals surface area contributed by atoms with Crippen molar-refractivity contribution in [3.63, 3.8) is 0 Å². The van der Waals surface area contributed by atoms with Gasteiger partial charge in [-0.25, -0.2) is 8.42 Å². The van der Waals surface area contributed by atoms with Crippen LogP contribution in [-0.4, -0.2) is 75.0 Å². The molecule has 1 aliphatic rings. The van der Waals surface area contributed by atoms with Crippen molar-refractivity contribution in [2.75, 3.05) is 33.1 Å². The molecule has 0 aromatic heterocycles. The smallest absolute Gasteiger partial charge is 0.239 e. The largest absolute Gasteiger partial charge is 0.497 e. The van der Waals surface area contributed by atoms with Gasteiger partial charge in [-0.05, 0) is 72.7 Å². The number of benzene rings is 2. The summed E-state index contributed by atoms with van der Waals surface area (Å²) in [6, 6.07) is 8.89. The van der Waals surface area contributed by atoms with Gasteiger partial charge in [0.05, 0.1) is 37.7 Å². The van der Waals surface area contributed by atoms with Crippen LogP contribution in [0.15, 0.2) is 61.7 Å². The first-order valence-electron chi connectivity index (χ1n) is 15.6. The lowest BCUT2D eigenvalue weighted by Crippen LogP contribution is -2.55. The number of ether oxygens (including phenoxy) is 2. The molecule has 0 saturated carbocycles. The van der Waals surface area contributed by atoms with E-state index < -0.39 is 34.1 Å². The first-order valence-corrected chi connectivity index (χ1v) is 17.9. The monoisotopic (exact) mass is 695 g/mol. The SMILES string of the molecule is C=CCO[C@@H]1C[C@H](NC[C@@H](O)[C@H](Cc2cc(Cl)cc(Cl)c2)NC(=O)[C@H](CC=C)N(C)S(=O)(=O)CCCCC)c2cc(OC)ccc21. The minimum absolute atomic E-state index is 0.0552. The summed E-state index contributed by atoms with van der Waals surface area (Å²) in [5.74, 6) is 0.119. The molecule has 0 fully saturated rings. The van der Waals surface area contributed by atoms with Crippen molar-refractivity contribution in [3.8, 4) is 5.75 Å². The molecule has 0 bridgehead atoms. The van der Waals surface area contributed by atoms with Gasteiger partial charge in [0.1, 0.15) is 11.8 Å². The molecule has 3 N–H and O–H groups in total. The van der Waals surface area contributed by atoms with Gasteiger partial charge in [-0.3, -0.25) is 4.79 Å². The van der Waals surface area contributed by atoms with Gasteiger partial charge < -0.3 is 25.2 Å². The molecule has 0 radical (unpaired) electrons. The Bertz CT molecular complexity index is 1420. The second-order valence-corrected chi connectivity index (χ2v) is 14.6. The van der Waals surface area contributed by atoms with E-state index in [1.54, 1.807) is 31.4 Å². The van der Waals surface area contributed by atoms with E-state index >= 15 is 0 Å². The number of aliphatic hydroxyl groups excluding tert-OH is 1. The first kappa shape index (κ1) is 38.0. The highest BCUT2D eigenvalue weighted by atomic mass is 35.5. The molecule has 5 atom stereocenters. The molecule has 0 heterocycles. The highest BCUT2D eigenvalue weighted by molar-refractivity contribution is 7.89. The maximum absolute atomic E-state index is 13.7. The van der Waals surface area contributed by atoms with Crippen molar-refractivity contribution in [2.24, 2.45) is 0 Å². The number of amides is 1. The van der Waals surface area contributed by atoms with Gasteiger partial charge in [0.2, 0.25) is 15.9 Å². The van der Waals surface area contributed by atoms with Crippen LogP contribution in [0.25, 0.3) is 0 Å². The van der Waals surface area contributed by atoms with Crippen LogP contribution in [0.4, 0.5) is 0 Å². The molecule has 254 valence electrons. The van der Waals surface area contributed by atoms with Crippen molar-refractivity contribution in [2.45, 2.75) is 75.8 Å². The molecule has 12 heteroatoms. The van der Waals surface area contributed by atoms with Crippen LogP contribution in [0.5, 0.6) is 5.75 Å². The third-order valence-electron chi connectivity index (χ3n) is 8.20. The molecule has 46 heavy (non-hydrogen) atoms. The minimum atomic E-state index is -3.71. The molecule has 1 aliphatic carbocycles. The lowest BCUT2D eigenvalue weighted by Gasteiger charge is -2.31. The second kappa shape index (κ2) is 18.2. The molecule has 0 spiro atoms. The van der Waals surface area contributed by atoms with Crippen molar-refractivity contribution in [1.82, 2.24) is 14.9 Å². The van der Waals surface area contributed by atoms with Crippen LogP contribution in [0, 0.1) is 0 Å². The summed E-state index contributed by atoms with van der Waals surface area (Å²) in [6.45, 7) is 10.00. The van der Waals surface area contributed by atoms with Crippen LogP contribution in [-0.2, 0) is 26.0 Å². The number of fused-ring (bicyclic) bond motifs is 1. The standard InChI is InChI=1S/C34H47Cl2N3O6S/c1-6-9-10-15-46(42,43)39(4)31(11-7-2)34(41)38-30(18-23-16-24(35)19-25(36)17-23)32(40)22-37-29-21-33(45-14-8-3)27-13-12-26(44-5)20-28(27)29/h7-8,12-13,16-17,19-20,29-33,37,40H,2-3,6,9-11,14-15,18,21-22H2,1,4-5H3,(H,38,41)/t29-,30-,31-,32+,33+/m0/s1. The fraction of sp³-hybridized carbons (Fsp3) is 0.500. The molecule has 1 amide bonds. The van der Waals surface area contributed by atoms with E-state index in [0.29, 0.717) is 40.8 Å². The number of unbranched alkanes of at least 4 members (excludes halogenated alkanes) is 2. The van der Waals surface area contributed by atoms with Gasteiger partial charge in [0.25, 0.3) is 0 Å². The lowest BCUT2D eigenvalue weighted by molar-refractivity contribution is -0.126. The van der Waals surface area contributed by atoms with Crippen LogP contribution < -0.4 is 15.4 Å². The number of halogens is 2. The molecular formula is C34H47Cl2N3O6S. The number of rotatable bonds is 20. The number of hydrogen-bond donors (Lipinski definition) is 3. The first-order chi connectivity index (χ1) is 21.9. The summed E-state index contributed by atoms with van der Waals surface area (Å²) in [4.78, 5) is 13.7. The van der Waals surface area contributed by atoms with Crippen LogP contribution in [0.2, 0.25) is 10.0 Å². The Kier molecular flexibility index (Phi) is 15.0. The highest BCUT2D eigenvalue weighted by Gasteiger charge is 2.35. The Labute approximate surface area is 284 Å². The molecule has 0 unspecified atom stereocenters. The number of hydrogen-bond acceptors (Lipinski definition) is 7. The summed E-state index contributed by atoms with van der Waals surface area (Å²) in [6.07, 6.45) is 5.07. The third kappa shape index (κ3) is 10.5. The molecule has 9 nitrogen and oxygen atoms in total. The zero-order valence-electron chi connectivity index (χ0n) is 26.9. The van der Waals surface area contributed by atoms with Gasteiger partial charge in [-0.15, -0.1) is 13.2 Å². The number of methoxy groups -OCH3 is 1. The van der Waals surface area contributed by atoms with E-state index in [0.717, 1.165) is 28.3 Å². The van der Waals surface area contributed by atoms with Crippen molar-refractivity contribution >= 4 is 39.1 Å². The number of carbonyl (C=O) groups excluding carboxylic acids is 1. The molecule has 0 saturated heterocycles.